The number of allylic oxidation sites excluding steroid dienone is 2. The number of rotatable bonds is 6. The third-order valence-electron chi connectivity index (χ3n) is 6.10. The fraction of sp³-hybridized carbons (Fsp3) is 0.682. The molecule has 0 bridgehead atoms. The minimum Gasteiger partial charge on any atom is -0.478 e. The van der Waals surface area contributed by atoms with Gasteiger partial charge < -0.3 is 29.7 Å². The van der Waals surface area contributed by atoms with Gasteiger partial charge in [-0.2, -0.15) is 0 Å². The largest absolute Gasteiger partial charge is 0.478 e. The number of hydrogen-bond donors (Lipinski definition) is 3. The molecule has 0 saturated carbocycles. The average molecular weight is 440 g/mol. The lowest BCUT2D eigenvalue weighted by molar-refractivity contribution is -0.145. The number of hydrogen-bond acceptors (Lipinski definition) is 7. The maximum Gasteiger partial charge on any atom is 0.328 e. The van der Waals surface area contributed by atoms with Crippen LogP contribution >= 0.6 is 0 Å². The van der Waals surface area contributed by atoms with Crippen LogP contribution in [0.15, 0.2) is 23.8 Å². The Morgan fingerprint density at radius 1 is 1.29 bits per heavy atom. The molecule has 0 unspecified atom stereocenters. The van der Waals surface area contributed by atoms with Gasteiger partial charge in [-0.05, 0) is 46.6 Å². The highest BCUT2D eigenvalue weighted by molar-refractivity contribution is 5.89. The van der Waals surface area contributed by atoms with Crippen molar-refractivity contribution in [2.75, 3.05) is 26.7 Å². The molecule has 2 aliphatic heterocycles. The summed E-state index contributed by atoms with van der Waals surface area (Å²) in [5.74, 6) is -2.52. The summed E-state index contributed by atoms with van der Waals surface area (Å²) in [6.07, 6.45) is 7.38. The van der Waals surface area contributed by atoms with Gasteiger partial charge in [-0.1, -0.05) is 11.6 Å². The van der Waals surface area contributed by atoms with Gasteiger partial charge in [0, 0.05) is 31.2 Å². The third-order valence-corrected chi connectivity index (χ3v) is 6.10. The average Bonchev–Trinajstić information content (AvgIpc) is 3.25. The van der Waals surface area contributed by atoms with Crippen LogP contribution in [-0.2, 0) is 23.9 Å². The first-order valence-electron chi connectivity index (χ1n) is 10.5. The minimum atomic E-state index is -1.26. The van der Waals surface area contributed by atoms with E-state index in [0.717, 1.165) is 25.7 Å². The number of likely N-dealkylation sites (N-methyl/N-ethyl adjacent to an activating group) is 1. The van der Waals surface area contributed by atoms with Crippen LogP contribution in [0.4, 0.5) is 0 Å². The summed E-state index contributed by atoms with van der Waals surface area (Å²) in [5, 5.41) is 24.7. The van der Waals surface area contributed by atoms with Crippen molar-refractivity contribution < 1.29 is 39.2 Å². The summed E-state index contributed by atoms with van der Waals surface area (Å²) >= 11 is 0. The summed E-state index contributed by atoms with van der Waals surface area (Å²) in [7, 11) is 1.94. The smallest absolute Gasteiger partial charge is 0.328 e. The van der Waals surface area contributed by atoms with E-state index in [4.69, 9.17) is 24.8 Å². The van der Waals surface area contributed by atoms with E-state index in [9.17, 15) is 14.4 Å². The van der Waals surface area contributed by atoms with Crippen molar-refractivity contribution in [3.05, 3.63) is 23.8 Å². The number of aliphatic hydroxyl groups excluding tert-OH is 1. The van der Waals surface area contributed by atoms with Gasteiger partial charge in [0.1, 0.15) is 12.2 Å². The van der Waals surface area contributed by atoms with E-state index in [2.05, 4.69) is 19.9 Å². The van der Waals surface area contributed by atoms with E-state index in [1.165, 1.54) is 5.57 Å². The van der Waals surface area contributed by atoms with Crippen LogP contribution in [0.1, 0.15) is 39.5 Å². The quantitative estimate of drug-likeness (QED) is 0.243. The van der Waals surface area contributed by atoms with Crippen molar-refractivity contribution in [1.29, 1.82) is 0 Å². The van der Waals surface area contributed by atoms with Crippen LogP contribution in [0.25, 0.3) is 0 Å². The Bertz CT molecular complexity index is 717. The molecule has 174 valence electrons. The Hall–Kier alpha value is -2.23. The van der Waals surface area contributed by atoms with Crippen molar-refractivity contribution in [2.45, 2.75) is 57.3 Å². The number of aliphatic hydroxyl groups is 1. The van der Waals surface area contributed by atoms with E-state index in [1.807, 2.05) is 11.9 Å². The molecule has 31 heavy (non-hydrogen) atoms. The van der Waals surface area contributed by atoms with Gasteiger partial charge in [0.15, 0.2) is 0 Å². The van der Waals surface area contributed by atoms with Gasteiger partial charge in [-0.25, -0.2) is 9.59 Å². The number of carbonyl (C=O) groups excluding carboxylic acids is 1. The molecule has 0 aromatic heterocycles. The van der Waals surface area contributed by atoms with E-state index in [1.54, 1.807) is 0 Å². The zero-order chi connectivity index (χ0) is 23.2. The number of carboxylic acids is 2. The fourth-order valence-electron chi connectivity index (χ4n) is 4.29. The summed E-state index contributed by atoms with van der Waals surface area (Å²) < 4.78 is 11.7. The highest BCUT2D eigenvalue weighted by atomic mass is 16.6. The molecule has 0 aromatic rings. The lowest BCUT2D eigenvalue weighted by Gasteiger charge is -2.25. The number of carboxylic acid groups (broad SMARTS) is 2. The molecule has 1 aliphatic carbocycles. The molecule has 9 nitrogen and oxygen atoms in total. The Morgan fingerprint density at radius 3 is 2.52 bits per heavy atom. The summed E-state index contributed by atoms with van der Waals surface area (Å²) in [6.45, 7) is 5.65. The third kappa shape index (κ3) is 7.15. The second-order valence-electron chi connectivity index (χ2n) is 8.65. The Balaban J connectivity index is 0.000000366. The Morgan fingerprint density at radius 2 is 1.94 bits per heavy atom. The molecule has 0 aromatic carbocycles. The molecular formula is C22H33NO8. The van der Waals surface area contributed by atoms with Crippen LogP contribution in [0, 0.1) is 11.8 Å². The molecule has 3 aliphatic rings. The first kappa shape index (κ1) is 25.0. The highest BCUT2D eigenvalue weighted by Crippen LogP contribution is 2.50. The maximum atomic E-state index is 12.4. The fourth-order valence-corrected chi connectivity index (χ4v) is 4.29. The van der Waals surface area contributed by atoms with Crippen molar-refractivity contribution in [3.8, 4) is 0 Å². The second kappa shape index (κ2) is 10.9. The van der Waals surface area contributed by atoms with Gasteiger partial charge in [-0.3, -0.25) is 4.79 Å². The van der Waals surface area contributed by atoms with Crippen LogP contribution < -0.4 is 0 Å². The molecular weight excluding hydrogens is 406 g/mol. The van der Waals surface area contributed by atoms with Gasteiger partial charge in [-0.15, -0.1) is 0 Å². The van der Waals surface area contributed by atoms with E-state index in [0.29, 0.717) is 25.2 Å². The van der Waals surface area contributed by atoms with Crippen molar-refractivity contribution >= 4 is 17.9 Å². The number of epoxide rings is 1. The van der Waals surface area contributed by atoms with E-state index >= 15 is 0 Å². The lowest BCUT2D eigenvalue weighted by Crippen LogP contribution is -2.36. The van der Waals surface area contributed by atoms with E-state index < -0.39 is 11.9 Å². The Kier molecular flexibility index (Phi) is 8.79. The predicted molar refractivity (Wildman–Crippen MR) is 111 cm³/mol. The molecule has 3 N–H and O–H groups in total. The van der Waals surface area contributed by atoms with Crippen LogP contribution in [-0.4, -0.2) is 82.7 Å². The number of esters is 1. The molecule has 9 heteroatoms. The molecule has 0 spiro atoms. The number of carbonyl (C=O) groups is 3. The van der Waals surface area contributed by atoms with Gasteiger partial charge in [0.25, 0.3) is 0 Å². The topological polar surface area (TPSA) is 137 Å². The molecule has 2 saturated heterocycles. The Labute approximate surface area is 182 Å². The minimum absolute atomic E-state index is 0.0522. The SMILES string of the molecule is CC1=CCC[C@@]2(C)O[C@H]2[C@H]2OC(=O)[C@@H](CN(C)CCO)[C@@H]2CC1.O=C(O)/C=C/C(=O)O. The van der Waals surface area contributed by atoms with Crippen LogP contribution in [0.3, 0.4) is 0 Å². The first-order chi connectivity index (χ1) is 14.6. The summed E-state index contributed by atoms with van der Waals surface area (Å²) in [6, 6.07) is 0. The van der Waals surface area contributed by atoms with Crippen molar-refractivity contribution in [3.63, 3.8) is 0 Å². The zero-order valence-corrected chi connectivity index (χ0v) is 18.3. The predicted octanol–water partition coefficient (Wildman–Crippen LogP) is 1.46. The second-order valence-corrected chi connectivity index (χ2v) is 8.65. The normalized spacial score (nSPS) is 32.3. The van der Waals surface area contributed by atoms with Crippen LogP contribution in [0.2, 0.25) is 0 Å². The standard InChI is InChI=1S/C18H29NO4.C4H4O4/c1-12-5-4-8-18(2)16(23-18)15-13(7-6-12)14(17(21)22-15)11-19(3)9-10-20;5-3(6)1-2-4(7)8/h5,13-16,20H,4,6-11H2,1-3H3;1-2H,(H,5,6)(H,7,8)/b;2-1+/t13-,14-,15-,16-,18+;/m0./s1. The van der Waals surface area contributed by atoms with E-state index in [-0.39, 0.29) is 42.2 Å². The summed E-state index contributed by atoms with van der Waals surface area (Å²) in [4.78, 5) is 33.6. The first-order valence-corrected chi connectivity index (χ1v) is 10.5. The highest BCUT2D eigenvalue weighted by Gasteiger charge is 2.62. The maximum absolute atomic E-state index is 12.4. The molecule has 0 radical (unpaired) electrons. The van der Waals surface area contributed by atoms with Gasteiger partial charge in [0.2, 0.25) is 0 Å². The summed E-state index contributed by atoms with van der Waals surface area (Å²) in [5.41, 5.74) is 1.26. The van der Waals surface area contributed by atoms with Crippen molar-refractivity contribution in [2.24, 2.45) is 11.8 Å². The molecule has 3 rings (SSSR count). The molecule has 2 heterocycles. The zero-order valence-electron chi connectivity index (χ0n) is 18.3. The van der Waals surface area contributed by atoms with Crippen LogP contribution in [0.5, 0.6) is 0 Å². The number of fused-ring (bicyclic) bond motifs is 3. The van der Waals surface area contributed by atoms with Gasteiger partial charge in [0.05, 0.1) is 18.1 Å². The molecule has 5 atom stereocenters. The number of aliphatic carboxylic acids is 2. The number of nitrogens with zero attached hydrogens (tertiary/aromatic N) is 1. The van der Waals surface area contributed by atoms with Crippen molar-refractivity contribution in [1.82, 2.24) is 4.90 Å². The molecule has 0 amide bonds. The lowest BCUT2D eigenvalue weighted by atomic mass is 9.80. The monoisotopic (exact) mass is 439 g/mol. The number of ether oxygens (including phenoxy) is 2. The molecule has 2 fully saturated rings. The van der Waals surface area contributed by atoms with Gasteiger partial charge >= 0.3 is 17.9 Å².